The number of thiazole rings is 1. The average molecular weight is 228 g/mol. The summed E-state index contributed by atoms with van der Waals surface area (Å²) < 4.78 is 0.866. The van der Waals surface area contributed by atoms with E-state index in [9.17, 15) is 4.79 Å². The third-order valence-electron chi connectivity index (χ3n) is 1.62. The molecule has 0 aromatic carbocycles. The quantitative estimate of drug-likeness (QED) is 0.681. The molecule has 2 heterocycles. The highest BCUT2D eigenvalue weighted by Crippen LogP contribution is 2.20. The molecule has 0 aliphatic heterocycles. The minimum Gasteiger partial charge on any atom is -0.362 e. The largest absolute Gasteiger partial charge is 0.362 e. The first-order chi connectivity index (χ1) is 6.70. The number of nitrogens with zero attached hydrogens (tertiary/aromatic N) is 1. The molecule has 2 aromatic heterocycles. The zero-order valence-electron chi connectivity index (χ0n) is 7.38. The molecule has 2 rings (SSSR count). The van der Waals surface area contributed by atoms with Gasteiger partial charge in [-0.1, -0.05) is 11.3 Å². The number of nitrogens with one attached hydrogen (secondary N) is 3. The van der Waals surface area contributed by atoms with Crippen molar-refractivity contribution in [2.45, 2.75) is 6.92 Å². The average Bonchev–Trinajstić information content (AvgIpc) is 2.48. The zero-order chi connectivity index (χ0) is 10.1. The Labute approximate surface area is 88.2 Å². The lowest BCUT2D eigenvalue weighted by Crippen LogP contribution is -2.05. The zero-order valence-corrected chi connectivity index (χ0v) is 9.01. The van der Waals surface area contributed by atoms with Crippen molar-refractivity contribution in [2.75, 3.05) is 11.9 Å². The maximum Gasteiger partial charge on any atom is 0.271 e. The van der Waals surface area contributed by atoms with Crippen LogP contribution in [-0.2, 0) is 0 Å². The van der Waals surface area contributed by atoms with Crippen LogP contribution >= 0.6 is 23.6 Å². The summed E-state index contributed by atoms with van der Waals surface area (Å²) in [4.78, 5) is 20.9. The van der Waals surface area contributed by atoms with Gasteiger partial charge in [-0.05, 0) is 19.1 Å². The summed E-state index contributed by atoms with van der Waals surface area (Å²) in [6.07, 6.45) is 0. The van der Waals surface area contributed by atoms with E-state index in [1.165, 1.54) is 11.3 Å². The summed E-state index contributed by atoms with van der Waals surface area (Å²) in [7, 11) is 0. The first-order valence-corrected chi connectivity index (χ1v) is 5.30. The van der Waals surface area contributed by atoms with Crippen molar-refractivity contribution >= 4 is 39.0 Å². The van der Waals surface area contributed by atoms with Crippen LogP contribution in [0.1, 0.15) is 6.92 Å². The van der Waals surface area contributed by atoms with E-state index in [0.717, 1.165) is 11.7 Å². The van der Waals surface area contributed by atoms with Crippen molar-refractivity contribution in [1.29, 1.82) is 0 Å². The van der Waals surface area contributed by atoms with Crippen molar-refractivity contribution in [3.63, 3.8) is 0 Å². The number of aromatic amines is 2. The Morgan fingerprint density at radius 2 is 2.36 bits per heavy atom. The standard InChI is InChI=1S/C7H8N4OS2/c1-2-8-7-10-4-3(14-7)5(12)11-6(13)9-4/h2H2,1H3,(H3,8,9,10,11,12,13). The van der Waals surface area contributed by atoms with Gasteiger partial charge in [0.05, 0.1) is 0 Å². The summed E-state index contributed by atoms with van der Waals surface area (Å²) in [5.41, 5.74) is 0.352. The molecule has 0 fully saturated rings. The lowest BCUT2D eigenvalue weighted by atomic mass is 10.6. The second-order valence-corrected chi connectivity index (χ2v) is 4.04. The van der Waals surface area contributed by atoms with Gasteiger partial charge < -0.3 is 10.3 Å². The highest BCUT2D eigenvalue weighted by atomic mass is 32.1. The summed E-state index contributed by atoms with van der Waals surface area (Å²) in [5, 5.41) is 3.77. The van der Waals surface area contributed by atoms with Gasteiger partial charge in [-0.3, -0.25) is 9.78 Å². The number of aromatic nitrogens is 3. The molecule has 74 valence electrons. The Hall–Kier alpha value is -1.21. The number of rotatable bonds is 2. The van der Waals surface area contributed by atoms with E-state index in [-0.39, 0.29) is 5.56 Å². The van der Waals surface area contributed by atoms with Gasteiger partial charge in [-0.15, -0.1) is 0 Å². The second kappa shape index (κ2) is 3.50. The molecule has 5 nitrogen and oxygen atoms in total. The highest BCUT2D eigenvalue weighted by molar-refractivity contribution is 7.71. The predicted octanol–water partition coefficient (Wildman–Crippen LogP) is 1.47. The van der Waals surface area contributed by atoms with Gasteiger partial charge in [0.15, 0.2) is 15.5 Å². The predicted molar refractivity (Wildman–Crippen MR) is 59.6 cm³/mol. The maximum absolute atomic E-state index is 11.4. The molecule has 0 amide bonds. The van der Waals surface area contributed by atoms with E-state index >= 15 is 0 Å². The molecule has 0 saturated carbocycles. The monoisotopic (exact) mass is 228 g/mol. The highest BCUT2D eigenvalue weighted by Gasteiger charge is 2.06. The fraction of sp³-hybridized carbons (Fsp3) is 0.286. The Kier molecular flexibility index (Phi) is 2.34. The van der Waals surface area contributed by atoms with E-state index < -0.39 is 0 Å². The number of anilines is 1. The molecule has 2 aromatic rings. The Balaban J connectivity index is 2.71. The fourth-order valence-corrected chi connectivity index (χ4v) is 2.16. The van der Waals surface area contributed by atoms with Gasteiger partial charge in [0, 0.05) is 6.54 Å². The van der Waals surface area contributed by atoms with Crippen molar-refractivity contribution in [2.24, 2.45) is 0 Å². The van der Waals surface area contributed by atoms with Gasteiger partial charge in [-0.25, -0.2) is 4.98 Å². The molecule has 0 bridgehead atoms. The summed E-state index contributed by atoms with van der Waals surface area (Å²) >= 11 is 6.15. The van der Waals surface area contributed by atoms with Gasteiger partial charge in [0.1, 0.15) is 4.70 Å². The first kappa shape index (κ1) is 9.35. The van der Waals surface area contributed by atoms with Crippen LogP contribution in [0.2, 0.25) is 0 Å². The number of hydrogen-bond acceptors (Lipinski definition) is 5. The Bertz CT molecular complexity index is 567. The van der Waals surface area contributed by atoms with Gasteiger partial charge in [-0.2, -0.15) is 0 Å². The van der Waals surface area contributed by atoms with Crippen LogP contribution in [-0.4, -0.2) is 21.5 Å². The number of fused-ring (bicyclic) bond motifs is 1. The molecule has 0 atom stereocenters. The number of H-pyrrole nitrogens is 2. The topological polar surface area (TPSA) is 73.6 Å². The van der Waals surface area contributed by atoms with E-state index in [4.69, 9.17) is 12.2 Å². The van der Waals surface area contributed by atoms with Crippen LogP contribution in [0.15, 0.2) is 4.79 Å². The lowest BCUT2D eigenvalue weighted by molar-refractivity contribution is 1.12. The van der Waals surface area contributed by atoms with Gasteiger partial charge >= 0.3 is 0 Å². The Morgan fingerprint density at radius 3 is 3.07 bits per heavy atom. The van der Waals surface area contributed by atoms with Crippen LogP contribution < -0.4 is 10.9 Å². The van der Waals surface area contributed by atoms with Crippen molar-refractivity contribution in [1.82, 2.24) is 15.0 Å². The van der Waals surface area contributed by atoms with E-state index in [0.29, 0.717) is 15.1 Å². The second-order valence-electron chi connectivity index (χ2n) is 2.64. The van der Waals surface area contributed by atoms with Crippen LogP contribution in [0.5, 0.6) is 0 Å². The molecule has 0 aliphatic rings. The third-order valence-corrected chi connectivity index (χ3v) is 2.84. The molecular weight excluding hydrogens is 220 g/mol. The first-order valence-electron chi connectivity index (χ1n) is 4.07. The lowest BCUT2D eigenvalue weighted by Gasteiger charge is -1.91. The summed E-state index contributed by atoms with van der Waals surface area (Å²) in [6, 6.07) is 0. The summed E-state index contributed by atoms with van der Waals surface area (Å²) in [6.45, 7) is 2.75. The molecule has 14 heavy (non-hydrogen) atoms. The molecular formula is C7H8N4OS2. The number of hydrogen-bond donors (Lipinski definition) is 3. The van der Waals surface area contributed by atoms with E-state index in [1.54, 1.807) is 0 Å². The SMILES string of the molecule is CCNc1nc2[nH]c(=S)[nH]c(=O)c2s1. The van der Waals surface area contributed by atoms with Crippen molar-refractivity contribution in [3.05, 3.63) is 15.1 Å². The molecule has 3 N–H and O–H groups in total. The van der Waals surface area contributed by atoms with Gasteiger partial charge in [0.2, 0.25) is 0 Å². The summed E-state index contributed by atoms with van der Waals surface area (Å²) in [5.74, 6) is 0. The third kappa shape index (κ3) is 1.55. The van der Waals surface area contributed by atoms with Crippen LogP contribution in [0, 0.1) is 4.77 Å². The Morgan fingerprint density at radius 1 is 1.57 bits per heavy atom. The van der Waals surface area contributed by atoms with E-state index in [2.05, 4.69) is 20.3 Å². The minimum absolute atomic E-state index is 0.189. The van der Waals surface area contributed by atoms with Crippen LogP contribution in [0.3, 0.4) is 0 Å². The van der Waals surface area contributed by atoms with Gasteiger partial charge in [0.25, 0.3) is 5.56 Å². The van der Waals surface area contributed by atoms with Crippen LogP contribution in [0.4, 0.5) is 5.13 Å². The maximum atomic E-state index is 11.4. The minimum atomic E-state index is -0.189. The smallest absolute Gasteiger partial charge is 0.271 e. The molecule has 7 heteroatoms. The molecule has 0 radical (unpaired) electrons. The fourth-order valence-electron chi connectivity index (χ4n) is 1.08. The molecule has 0 aliphatic carbocycles. The van der Waals surface area contributed by atoms with E-state index in [1.807, 2.05) is 6.92 Å². The molecule has 0 unspecified atom stereocenters. The normalized spacial score (nSPS) is 10.6. The van der Waals surface area contributed by atoms with Crippen molar-refractivity contribution in [3.8, 4) is 0 Å². The molecule has 0 saturated heterocycles. The molecule has 0 spiro atoms. The van der Waals surface area contributed by atoms with Crippen LogP contribution in [0.25, 0.3) is 10.3 Å². The van der Waals surface area contributed by atoms with Crippen molar-refractivity contribution < 1.29 is 0 Å².